The molecule has 5 heterocycles. The topological polar surface area (TPSA) is 174 Å². The van der Waals surface area contributed by atoms with Gasteiger partial charge >= 0.3 is 12.2 Å². The molecule has 366 valence electrons. The fourth-order valence-corrected chi connectivity index (χ4v) is 9.48. The zero-order valence-corrected chi connectivity index (χ0v) is 44.4. The van der Waals surface area contributed by atoms with Crippen molar-refractivity contribution in [2.45, 2.75) is 156 Å². The van der Waals surface area contributed by atoms with E-state index in [0.29, 0.717) is 73.6 Å². The van der Waals surface area contributed by atoms with Crippen LogP contribution >= 0.6 is 0 Å². The van der Waals surface area contributed by atoms with E-state index in [1.807, 2.05) is 50.7 Å². The van der Waals surface area contributed by atoms with Gasteiger partial charge in [-0.2, -0.15) is 0 Å². The molecular formula is C50H72N10O6Si2. The summed E-state index contributed by atoms with van der Waals surface area (Å²) in [7, 11) is -2.58. The number of nitrogens with zero attached hydrogens (tertiary/aromatic N) is 9. The van der Waals surface area contributed by atoms with E-state index in [9.17, 15) is 9.59 Å². The van der Waals surface area contributed by atoms with Gasteiger partial charge in [0, 0.05) is 60.0 Å². The molecule has 2 amide bonds. The Labute approximate surface area is 403 Å². The van der Waals surface area contributed by atoms with Crippen molar-refractivity contribution in [2.75, 3.05) is 26.3 Å². The van der Waals surface area contributed by atoms with E-state index in [-0.39, 0.29) is 18.9 Å². The van der Waals surface area contributed by atoms with Crippen molar-refractivity contribution in [1.29, 1.82) is 0 Å². The second kappa shape index (κ2) is 20.7. The number of fused-ring (bicyclic) bond motifs is 3. The average Bonchev–Trinajstić information content (AvgIpc) is 3.96. The molecule has 7 rings (SSSR count). The van der Waals surface area contributed by atoms with Crippen molar-refractivity contribution in [2.24, 2.45) is 0 Å². The van der Waals surface area contributed by atoms with Gasteiger partial charge in [-0.05, 0) is 102 Å². The molecule has 1 aliphatic rings. The van der Waals surface area contributed by atoms with E-state index in [2.05, 4.69) is 81.0 Å². The third kappa shape index (κ3) is 13.5. The minimum absolute atomic E-state index is 0.269. The van der Waals surface area contributed by atoms with Gasteiger partial charge in [-0.1, -0.05) is 63.5 Å². The van der Waals surface area contributed by atoms with Crippen LogP contribution in [0.25, 0.3) is 55.9 Å². The largest absolute Gasteiger partial charge is 0.444 e. The summed E-state index contributed by atoms with van der Waals surface area (Å²) in [6.45, 7) is 28.3. The van der Waals surface area contributed by atoms with Gasteiger partial charge in [0.1, 0.15) is 36.3 Å². The molecule has 18 heteroatoms. The molecule has 1 saturated heterocycles. The Morgan fingerprint density at radius 3 is 1.81 bits per heavy atom. The highest BCUT2D eigenvalue weighted by atomic mass is 28.3. The Balaban J connectivity index is 1.11. The van der Waals surface area contributed by atoms with Gasteiger partial charge in [0.05, 0.1) is 29.8 Å². The van der Waals surface area contributed by atoms with Gasteiger partial charge in [0.25, 0.3) is 0 Å². The molecule has 0 aliphatic carbocycles. The van der Waals surface area contributed by atoms with Gasteiger partial charge in [0.15, 0.2) is 22.6 Å². The highest BCUT2D eigenvalue weighted by molar-refractivity contribution is 6.76. The first kappa shape index (κ1) is 50.6. The van der Waals surface area contributed by atoms with Gasteiger partial charge in [-0.3, -0.25) is 14.0 Å². The highest BCUT2D eigenvalue weighted by Gasteiger charge is 2.37. The SMILES string of the molecule is CC(C)(C)OC(=O)NCCCCc1nc2nc(-c3ccc4cc(-c5cnc6c(n5)nc(C5CCCN5C(=O)OC(C)(C)C)n6COCC[Si](C)(C)C)ccc4c3)cnc2n1COCC[Si](C)(C)C. The number of aromatic nitrogens is 8. The summed E-state index contributed by atoms with van der Waals surface area (Å²) >= 11 is 0. The van der Waals surface area contributed by atoms with E-state index in [0.717, 1.165) is 71.2 Å². The van der Waals surface area contributed by atoms with E-state index >= 15 is 0 Å². The molecule has 0 bridgehead atoms. The molecule has 2 aromatic carbocycles. The summed E-state index contributed by atoms with van der Waals surface area (Å²) in [6.07, 6.45) is 6.69. The van der Waals surface area contributed by atoms with E-state index in [4.69, 9.17) is 48.9 Å². The molecular weight excluding hydrogens is 893 g/mol. The monoisotopic (exact) mass is 965 g/mol. The Hall–Kier alpha value is -5.31. The summed E-state index contributed by atoms with van der Waals surface area (Å²) in [5.74, 6) is 1.56. The third-order valence-electron chi connectivity index (χ3n) is 11.6. The first-order valence-corrected chi connectivity index (χ1v) is 31.5. The van der Waals surface area contributed by atoms with Crippen LogP contribution in [0.2, 0.25) is 51.4 Å². The third-order valence-corrected chi connectivity index (χ3v) is 15.0. The zero-order valence-electron chi connectivity index (χ0n) is 42.4. The van der Waals surface area contributed by atoms with E-state index in [1.165, 1.54) is 0 Å². The smallest absolute Gasteiger partial charge is 0.410 e. The Morgan fingerprint density at radius 1 is 0.706 bits per heavy atom. The fourth-order valence-electron chi connectivity index (χ4n) is 7.97. The lowest BCUT2D eigenvalue weighted by molar-refractivity contribution is 0.0204. The van der Waals surface area contributed by atoms with Crippen LogP contribution in [-0.4, -0.2) is 110 Å². The molecule has 6 aromatic rings. The average molecular weight is 965 g/mol. The van der Waals surface area contributed by atoms with Crippen LogP contribution in [-0.2, 0) is 38.8 Å². The lowest BCUT2D eigenvalue weighted by Crippen LogP contribution is -2.37. The number of nitrogens with one attached hydrogen (secondary N) is 1. The van der Waals surface area contributed by atoms with Crippen molar-refractivity contribution in [3.63, 3.8) is 0 Å². The molecule has 1 fully saturated rings. The summed E-state index contributed by atoms with van der Waals surface area (Å²) < 4.78 is 27.7. The van der Waals surface area contributed by atoms with Crippen LogP contribution in [0.15, 0.2) is 48.8 Å². The van der Waals surface area contributed by atoms with Crippen LogP contribution in [0.3, 0.4) is 0 Å². The summed E-state index contributed by atoms with van der Waals surface area (Å²) in [5.41, 5.74) is 4.47. The maximum Gasteiger partial charge on any atom is 0.410 e. The van der Waals surface area contributed by atoms with Crippen molar-refractivity contribution in [3.8, 4) is 22.5 Å². The predicted molar refractivity (Wildman–Crippen MR) is 273 cm³/mol. The zero-order chi connectivity index (χ0) is 49.0. The van der Waals surface area contributed by atoms with Gasteiger partial charge in [0.2, 0.25) is 0 Å². The summed E-state index contributed by atoms with van der Waals surface area (Å²) in [6, 6.07) is 14.3. The number of carbonyl (C=O) groups is 2. The molecule has 0 spiro atoms. The first-order chi connectivity index (χ1) is 32.0. The van der Waals surface area contributed by atoms with Crippen molar-refractivity contribution >= 4 is 61.7 Å². The number of carbonyl (C=O) groups excluding carboxylic acids is 2. The fraction of sp³-hybridized carbons (Fsp3) is 0.560. The Kier molecular flexibility index (Phi) is 15.4. The molecule has 0 radical (unpaired) electrons. The number of amides is 2. The molecule has 0 saturated carbocycles. The number of ether oxygens (including phenoxy) is 4. The van der Waals surface area contributed by atoms with Crippen molar-refractivity contribution in [1.82, 2.24) is 49.3 Å². The number of alkyl carbamates (subject to hydrolysis) is 1. The van der Waals surface area contributed by atoms with Crippen LogP contribution in [0, 0.1) is 0 Å². The molecule has 4 aromatic heterocycles. The van der Waals surface area contributed by atoms with Crippen LogP contribution < -0.4 is 5.32 Å². The minimum Gasteiger partial charge on any atom is -0.444 e. The van der Waals surface area contributed by atoms with Crippen molar-refractivity contribution in [3.05, 3.63) is 60.4 Å². The Bertz CT molecular complexity index is 2730. The first-order valence-electron chi connectivity index (χ1n) is 24.1. The number of aryl methyl sites for hydroxylation is 1. The van der Waals surface area contributed by atoms with Crippen LogP contribution in [0.5, 0.6) is 0 Å². The number of imidazole rings is 2. The van der Waals surface area contributed by atoms with Gasteiger partial charge in [-0.15, -0.1) is 0 Å². The number of rotatable bonds is 18. The van der Waals surface area contributed by atoms with Crippen molar-refractivity contribution < 1.29 is 28.5 Å². The number of benzene rings is 2. The molecule has 1 N–H and O–H groups in total. The van der Waals surface area contributed by atoms with Gasteiger partial charge < -0.3 is 24.3 Å². The van der Waals surface area contributed by atoms with E-state index < -0.39 is 33.4 Å². The minimum atomic E-state index is -1.31. The molecule has 68 heavy (non-hydrogen) atoms. The number of hydrogen-bond donors (Lipinski definition) is 1. The number of unbranched alkanes of at least 4 members (excludes halogenated alkanes) is 1. The predicted octanol–water partition coefficient (Wildman–Crippen LogP) is 11.0. The normalized spacial score (nSPS) is 14.9. The Morgan fingerprint density at radius 2 is 1.25 bits per heavy atom. The van der Waals surface area contributed by atoms with Crippen LogP contribution in [0.1, 0.15) is 84.9 Å². The number of hydrogen-bond acceptors (Lipinski definition) is 12. The second-order valence-electron chi connectivity index (χ2n) is 22.3. The maximum absolute atomic E-state index is 13.4. The lowest BCUT2D eigenvalue weighted by atomic mass is 10.0. The molecule has 1 aliphatic heterocycles. The summed E-state index contributed by atoms with van der Waals surface area (Å²) in [4.78, 5) is 57.3. The van der Waals surface area contributed by atoms with Crippen LogP contribution in [0.4, 0.5) is 9.59 Å². The van der Waals surface area contributed by atoms with Gasteiger partial charge in [-0.25, -0.2) is 39.5 Å². The number of likely N-dealkylation sites (tertiary alicyclic amines) is 1. The lowest BCUT2D eigenvalue weighted by Gasteiger charge is -2.28. The standard InChI is InChI=1S/C50H72N10O6Si2/c1-49(2,3)65-47(61)51-22-14-13-17-41-56-42-45(59(41)32-63-24-26-67(7,8)9)52-30-38(54-42)36-20-18-35-29-37(21-19-34(35)28-36)39-31-53-46-43(55-39)57-44(60(46)33-64-25-27-68(10,11)12)40-16-15-23-58(40)48(62)66-50(4,5)6/h18-21,28-31,40H,13-17,22-27,32-33H2,1-12H3,(H,51,61). The maximum atomic E-state index is 13.4. The molecule has 1 atom stereocenters. The van der Waals surface area contributed by atoms with E-state index in [1.54, 1.807) is 17.3 Å². The second-order valence-corrected chi connectivity index (χ2v) is 33.6. The summed E-state index contributed by atoms with van der Waals surface area (Å²) in [5, 5.41) is 4.92. The highest BCUT2D eigenvalue weighted by Crippen LogP contribution is 2.35. The molecule has 1 unspecified atom stereocenters. The molecule has 16 nitrogen and oxygen atoms in total. The quantitative estimate of drug-likeness (QED) is 0.0639.